The minimum atomic E-state index is -0.713. The van der Waals surface area contributed by atoms with Gasteiger partial charge in [-0.05, 0) is 56.4 Å². The van der Waals surface area contributed by atoms with Gasteiger partial charge in [0, 0.05) is 22.4 Å². The number of hydrogen-bond acceptors (Lipinski definition) is 5. The van der Waals surface area contributed by atoms with Crippen LogP contribution in [0.15, 0.2) is 70.7 Å². The van der Waals surface area contributed by atoms with E-state index < -0.39 is 23.6 Å². The lowest BCUT2D eigenvalue weighted by molar-refractivity contribution is -0.139. The molecule has 0 spiro atoms. The number of azo groups is 1. The monoisotopic (exact) mass is 732 g/mol. The smallest absolute Gasteiger partial charge is 0.272 e. The topological polar surface area (TPSA) is 82.4 Å². The Morgan fingerprint density at radius 2 is 1.46 bits per heavy atom. The van der Waals surface area contributed by atoms with E-state index in [-0.39, 0.29) is 43.8 Å². The quantitative estimate of drug-likeness (QED) is 0.0587. The highest BCUT2D eigenvalue weighted by atomic mass is 35.5. The first-order valence-corrected chi connectivity index (χ1v) is 18.7. The summed E-state index contributed by atoms with van der Waals surface area (Å²) in [4.78, 5) is 40.4. The second-order valence-corrected chi connectivity index (χ2v) is 14.3. The average molecular weight is 735 g/mol. The van der Waals surface area contributed by atoms with Crippen LogP contribution in [0.4, 0.5) is 5.69 Å². The van der Waals surface area contributed by atoms with Crippen LogP contribution < -0.4 is 5.01 Å². The molecule has 2 heterocycles. The summed E-state index contributed by atoms with van der Waals surface area (Å²) < 4.78 is 0. The Morgan fingerprint density at radius 1 is 0.854 bits per heavy atom. The van der Waals surface area contributed by atoms with Gasteiger partial charge in [0.25, 0.3) is 11.8 Å². The van der Waals surface area contributed by atoms with Crippen molar-refractivity contribution in [2.24, 2.45) is 16.1 Å². The minimum Gasteiger partial charge on any atom is -0.272 e. The number of carbonyl (C=O) groups excluding carboxylic acids is 3. The SMILES string of the molecule is CCCCCCCCCCCCC=CCCC(Cl)CC1CC(=O)N(N(C2=C(c3c(Cl)cc(Cl)cc3Cl)C(=O)N=N2)c2ccccc2)C1=O. The van der Waals surface area contributed by atoms with Gasteiger partial charge in [0.05, 0.1) is 21.7 Å². The van der Waals surface area contributed by atoms with Crippen LogP contribution in [0, 0.1) is 5.92 Å². The molecule has 11 heteroatoms. The van der Waals surface area contributed by atoms with E-state index in [1.54, 1.807) is 30.3 Å². The van der Waals surface area contributed by atoms with Gasteiger partial charge in [-0.25, -0.2) is 5.01 Å². The van der Waals surface area contributed by atoms with E-state index >= 15 is 0 Å². The maximum atomic E-state index is 13.9. The Hall–Kier alpha value is -2.71. The normalized spacial score (nSPS) is 17.1. The van der Waals surface area contributed by atoms with Crippen molar-refractivity contribution in [3.05, 3.63) is 81.1 Å². The van der Waals surface area contributed by atoms with Crippen LogP contribution in [0.2, 0.25) is 15.1 Å². The molecule has 7 nitrogen and oxygen atoms in total. The number of halogens is 4. The van der Waals surface area contributed by atoms with Gasteiger partial charge in [-0.1, -0.05) is 130 Å². The molecule has 0 radical (unpaired) electrons. The zero-order chi connectivity index (χ0) is 34.5. The first-order valence-electron chi connectivity index (χ1n) is 17.1. The van der Waals surface area contributed by atoms with Crippen LogP contribution in [-0.4, -0.2) is 28.1 Å². The molecule has 258 valence electrons. The molecule has 0 aliphatic carbocycles. The summed E-state index contributed by atoms with van der Waals surface area (Å²) in [5, 5.41) is 10.4. The summed E-state index contributed by atoms with van der Waals surface area (Å²) in [6.45, 7) is 2.25. The van der Waals surface area contributed by atoms with Crippen molar-refractivity contribution in [2.75, 3.05) is 5.01 Å². The number of benzene rings is 2. The van der Waals surface area contributed by atoms with Gasteiger partial charge >= 0.3 is 0 Å². The standard InChI is InChI=1S/C37H44Cl4N4O3/c1-2-3-4-5-6-7-8-9-10-11-12-13-14-16-19-27(38)22-26-23-32(46)45(37(26)48)44(29-20-17-15-18-21-29)35-34(36(47)43-42-35)33-30(40)24-28(39)25-31(33)41/h13-15,17-18,20-21,24-27H,2-12,16,19,22-23H2,1H3. The number of alkyl halides is 1. The van der Waals surface area contributed by atoms with E-state index in [1.165, 1.54) is 81.3 Å². The fraction of sp³-hybridized carbons (Fsp3) is 0.486. The number of imide groups is 1. The van der Waals surface area contributed by atoms with E-state index in [1.807, 2.05) is 0 Å². The molecular weight excluding hydrogens is 690 g/mol. The molecule has 2 aliphatic heterocycles. The number of hydrazine groups is 1. The summed E-state index contributed by atoms with van der Waals surface area (Å²) in [6, 6.07) is 11.6. The van der Waals surface area contributed by atoms with E-state index in [0.717, 1.165) is 17.9 Å². The van der Waals surface area contributed by atoms with Crippen molar-refractivity contribution < 1.29 is 14.4 Å². The zero-order valence-corrected chi connectivity index (χ0v) is 30.5. The molecule has 48 heavy (non-hydrogen) atoms. The Morgan fingerprint density at radius 3 is 2.10 bits per heavy atom. The predicted molar refractivity (Wildman–Crippen MR) is 196 cm³/mol. The largest absolute Gasteiger partial charge is 0.300 e. The van der Waals surface area contributed by atoms with Crippen LogP contribution >= 0.6 is 46.4 Å². The fourth-order valence-corrected chi connectivity index (χ4v) is 7.45. The third kappa shape index (κ3) is 10.4. The van der Waals surface area contributed by atoms with Crippen molar-refractivity contribution in [3.63, 3.8) is 0 Å². The molecule has 2 aliphatic rings. The van der Waals surface area contributed by atoms with Crippen LogP contribution in [-0.2, 0) is 14.4 Å². The summed E-state index contributed by atoms with van der Waals surface area (Å²) in [7, 11) is 0. The van der Waals surface area contributed by atoms with Crippen LogP contribution in [0.5, 0.6) is 0 Å². The highest BCUT2D eigenvalue weighted by molar-refractivity contribution is 6.43. The summed E-state index contributed by atoms with van der Waals surface area (Å²) in [5.74, 6) is -2.25. The Kier molecular flexibility index (Phi) is 15.5. The molecule has 2 aromatic carbocycles. The van der Waals surface area contributed by atoms with Crippen molar-refractivity contribution in [1.82, 2.24) is 5.01 Å². The lowest BCUT2D eigenvalue weighted by atomic mass is 9.99. The number of anilines is 1. The Labute approximate surface area is 304 Å². The zero-order valence-electron chi connectivity index (χ0n) is 27.5. The minimum absolute atomic E-state index is 0.0177. The van der Waals surface area contributed by atoms with Gasteiger partial charge < -0.3 is 0 Å². The first-order chi connectivity index (χ1) is 23.2. The molecule has 4 rings (SSSR count). The molecular formula is C37H44Cl4N4O3. The van der Waals surface area contributed by atoms with Crippen LogP contribution in [0.25, 0.3) is 5.57 Å². The number of unbranched alkanes of at least 4 members (excludes halogenated alkanes) is 10. The third-order valence-electron chi connectivity index (χ3n) is 8.62. The lowest BCUT2D eigenvalue weighted by Gasteiger charge is -2.31. The van der Waals surface area contributed by atoms with Crippen LogP contribution in [0.1, 0.15) is 109 Å². The molecule has 2 aromatic rings. The number of rotatable bonds is 20. The van der Waals surface area contributed by atoms with Gasteiger partial charge in [0.1, 0.15) is 5.57 Å². The van der Waals surface area contributed by atoms with E-state index in [4.69, 9.17) is 46.4 Å². The van der Waals surface area contributed by atoms with Gasteiger partial charge in [-0.2, -0.15) is 5.01 Å². The molecule has 0 bridgehead atoms. The highest BCUT2D eigenvalue weighted by Crippen LogP contribution is 2.42. The molecule has 0 aromatic heterocycles. The molecule has 3 amide bonds. The number of hydrogen-bond donors (Lipinski definition) is 0. The van der Waals surface area contributed by atoms with E-state index in [2.05, 4.69) is 29.3 Å². The van der Waals surface area contributed by atoms with Crippen molar-refractivity contribution in [3.8, 4) is 0 Å². The lowest BCUT2D eigenvalue weighted by Crippen LogP contribution is -2.46. The van der Waals surface area contributed by atoms with Crippen molar-refractivity contribution >= 4 is 75.4 Å². The van der Waals surface area contributed by atoms with E-state index in [9.17, 15) is 14.4 Å². The molecule has 0 N–H and O–H groups in total. The number of para-hydroxylation sites is 1. The predicted octanol–water partition coefficient (Wildman–Crippen LogP) is 11.7. The molecule has 1 fully saturated rings. The third-order valence-corrected chi connectivity index (χ3v) is 9.84. The second kappa shape index (κ2) is 19.5. The number of carbonyl (C=O) groups is 3. The Balaban J connectivity index is 1.35. The number of amides is 3. The van der Waals surface area contributed by atoms with E-state index in [0.29, 0.717) is 18.5 Å². The summed E-state index contributed by atoms with van der Waals surface area (Å²) >= 11 is 25.8. The first kappa shape index (κ1) is 38.1. The van der Waals surface area contributed by atoms with Gasteiger partial charge in [0.15, 0.2) is 5.82 Å². The van der Waals surface area contributed by atoms with Gasteiger partial charge in [0.2, 0.25) is 5.91 Å². The van der Waals surface area contributed by atoms with Gasteiger partial charge in [-0.15, -0.1) is 21.8 Å². The molecule has 2 atom stereocenters. The molecule has 1 saturated heterocycles. The Bertz CT molecular complexity index is 1490. The van der Waals surface area contributed by atoms with Crippen molar-refractivity contribution in [1.29, 1.82) is 0 Å². The summed E-state index contributed by atoms with van der Waals surface area (Å²) in [6.07, 6.45) is 20.5. The highest BCUT2D eigenvalue weighted by Gasteiger charge is 2.46. The molecule has 2 unspecified atom stereocenters. The fourth-order valence-electron chi connectivity index (χ4n) is 6.10. The second-order valence-electron chi connectivity index (χ2n) is 12.4. The molecule has 0 saturated carbocycles. The maximum absolute atomic E-state index is 13.9. The van der Waals surface area contributed by atoms with Crippen LogP contribution in [0.3, 0.4) is 0 Å². The number of nitrogens with zero attached hydrogens (tertiary/aromatic N) is 4. The van der Waals surface area contributed by atoms with Crippen molar-refractivity contribution in [2.45, 2.75) is 109 Å². The van der Waals surface area contributed by atoms with Gasteiger partial charge in [-0.3, -0.25) is 14.4 Å². The maximum Gasteiger partial charge on any atom is 0.300 e. The number of allylic oxidation sites excluding steroid dienone is 2. The summed E-state index contributed by atoms with van der Waals surface area (Å²) in [5.41, 5.74) is 0.540. The average Bonchev–Trinajstić information content (AvgIpc) is 3.55.